The summed E-state index contributed by atoms with van der Waals surface area (Å²) in [6.45, 7) is 7.31. The molecule has 2 rings (SSSR count). The van der Waals surface area contributed by atoms with Gasteiger partial charge in [-0.1, -0.05) is 12.1 Å². The average Bonchev–Trinajstić information content (AvgIpc) is 2.35. The van der Waals surface area contributed by atoms with E-state index in [0.717, 1.165) is 11.0 Å². The van der Waals surface area contributed by atoms with Crippen LogP contribution in [0, 0.1) is 0 Å². The number of hydrogen-bond acceptors (Lipinski definition) is 4. The number of nitrogens with zero attached hydrogens (tertiary/aromatic N) is 2. The number of amides is 1. The van der Waals surface area contributed by atoms with Gasteiger partial charge in [-0.15, -0.1) is 0 Å². The summed E-state index contributed by atoms with van der Waals surface area (Å²) in [6, 6.07) is 7.28. The number of rotatable bonds is 2. The summed E-state index contributed by atoms with van der Waals surface area (Å²) in [4.78, 5) is 20.8. The highest BCUT2D eigenvalue weighted by Crippen LogP contribution is 2.23. The average molecular weight is 352 g/mol. The van der Waals surface area contributed by atoms with E-state index in [1.165, 1.54) is 0 Å². The lowest BCUT2D eigenvalue weighted by Crippen LogP contribution is -2.34. The number of para-hydroxylation sites is 2. The van der Waals surface area contributed by atoms with Crippen LogP contribution in [-0.2, 0) is 4.74 Å². The molecule has 0 saturated carbocycles. The molecule has 2 aromatic rings. The molecule has 1 amide bonds. The monoisotopic (exact) mass is 351 g/mol. The van der Waals surface area contributed by atoms with Crippen LogP contribution in [0.5, 0.6) is 0 Å². The highest BCUT2D eigenvalue weighted by atomic mass is 79.9. The van der Waals surface area contributed by atoms with E-state index in [-0.39, 0.29) is 6.04 Å². The van der Waals surface area contributed by atoms with Gasteiger partial charge in [0, 0.05) is 0 Å². The Morgan fingerprint density at radius 1 is 1.24 bits per heavy atom. The van der Waals surface area contributed by atoms with Crippen molar-refractivity contribution in [3.8, 4) is 0 Å². The smallest absolute Gasteiger partial charge is 0.408 e. The number of halogens is 1. The van der Waals surface area contributed by atoms with Crippen LogP contribution < -0.4 is 5.32 Å². The van der Waals surface area contributed by atoms with Crippen molar-refractivity contribution in [3.05, 3.63) is 34.6 Å². The minimum atomic E-state index is -0.532. The third-order valence-corrected chi connectivity index (χ3v) is 3.28. The Balaban J connectivity index is 2.21. The maximum absolute atomic E-state index is 11.8. The van der Waals surface area contributed by atoms with Gasteiger partial charge in [-0.05, 0) is 55.8 Å². The summed E-state index contributed by atoms with van der Waals surface area (Å²) in [5.41, 5.74) is 1.72. The van der Waals surface area contributed by atoms with Crippen LogP contribution >= 0.6 is 15.9 Å². The molecule has 21 heavy (non-hydrogen) atoms. The van der Waals surface area contributed by atoms with Gasteiger partial charge in [0.05, 0.1) is 22.8 Å². The van der Waals surface area contributed by atoms with Gasteiger partial charge in [-0.2, -0.15) is 0 Å². The van der Waals surface area contributed by atoms with E-state index in [1.807, 2.05) is 52.0 Å². The molecule has 0 bridgehead atoms. The molecule has 112 valence electrons. The van der Waals surface area contributed by atoms with Crippen LogP contribution in [0.2, 0.25) is 0 Å². The van der Waals surface area contributed by atoms with Gasteiger partial charge in [-0.25, -0.2) is 14.8 Å². The van der Waals surface area contributed by atoms with E-state index < -0.39 is 11.7 Å². The van der Waals surface area contributed by atoms with E-state index in [4.69, 9.17) is 4.74 Å². The lowest BCUT2D eigenvalue weighted by Gasteiger charge is -2.22. The fourth-order valence-corrected chi connectivity index (χ4v) is 2.44. The third kappa shape index (κ3) is 4.14. The highest BCUT2D eigenvalue weighted by molar-refractivity contribution is 9.10. The van der Waals surface area contributed by atoms with Crippen molar-refractivity contribution < 1.29 is 9.53 Å². The van der Waals surface area contributed by atoms with Crippen molar-refractivity contribution >= 4 is 33.1 Å². The largest absolute Gasteiger partial charge is 0.444 e. The summed E-state index contributed by atoms with van der Waals surface area (Å²) in [5, 5.41) is 2.76. The molecule has 6 heteroatoms. The van der Waals surface area contributed by atoms with Crippen LogP contribution in [-0.4, -0.2) is 21.7 Å². The second kappa shape index (κ2) is 5.97. The number of alkyl carbamates (subject to hydrolysis) is 1. The predicted molar refractivity (Wildman–Crippen MR) is 85.0 cm³/mol. The summed E-state index contributed by atoms with van der Waals surface area (Å²) in [6.07, 6.45) is -0.475. The quantitative estimate of drug-likeness (QED) is 0.888. The van der Waals surface area contributed by atoms with Gasteiger partial charge in [0.25, 0.3) is 0 Å². The Kier molecular flexibility index (Phi) is 4.46. The third-order valence-electron chi connectivity index (χ3n) is 2.70. The second-order valence-corrected chi connectivity index (χ2v) is 6.51. The first-order valence-corrected chi connectivity index (χ1v) is 7.47. The normalized spacial score (nSPS) is 13.0. The maximum Gasteiger partial charge on any atom is 0.408 e. The number of fused-ring (bicyclic) bond motifs is 1. The van der Waals surface area contributed by atoms with Crippen molar-refractivity contribution in [2.45, 2.75) is 39.3 Å². The fourth-order valence-electron chi connectivity index (χ4n) is 1.82. The Morgan fingerprint density at radius 2 is 1.81 bits per heavy atom. The second-order valence-electron chi connectivity index (χ2n) is 5.76. The van der Waals surface area contributed by atoms with E-state index >= 15 is 0 Å². The number of carbonyl (C=O) groups excluding carboxylic acids is 1. The number of ether oxygens (including phenoxy) is 1. The van der Waals surface area contributed by atoms with Crippen LogP contribution in [0.25, 0.3) is 11.0 Å². The van der Waals surface area contributed by atoms with Crippen molar-refractivity contribution in [2.24, 2.45) is 0 Å². The van der Waals surface area contributed by atoms with Crippen LogP contribution in [0.4, 0.5) is 4.79 Å². The van der Waals surface area contributed by atoms with Gasteiger partial charge < -0.3 is 10.1 Å². The van der Waals surface area contributed by atoms with Gasteiger partial charge in [-0.3, -0.25) is 0 Å². The van der Waals surface area contributed by atoms with Gasteiger partial charge in [0.15, 0.2) is 0 Å². The molecule has 0 aliphatic heterocycles. The van der Waals surface area contributed by atoms with E-state index in [9.17, 15) is 4.79 Å². The minimum Gasteiger partial charge on any atom is -0.444 e. The molecular weight excluding hydrogens is 334 g/mol. The van der Waals surface area contributed by atoms with Crippen LogP contribution in [0.3, 0.4) is 0 Å². The number of carbonyl (C=O) groups is 1. The number of nitrogens with one attached hydrogen (secondary N) is 1. The SMILES string of the molecule is CC(NC(=O)OC(C)(C)C)c1nc2ccccc2nc1Br. The van der Waals surface area contributed by atoms with Gasteiger partial charge in [0.1, 0.15) is 10.2 Å². The number of aromatic nitrogens is 2. The fraction of sp³-hybridized carbons (Fsp3) is 0.400. The molecule has 0 saturated heterocycles. The lowest BCUT2D eigenvalue weighted by atomic mass is 10.2. The maximum atomic E-state index is 11.8. The standard InChI is InChI=1S/C15H18BrN3O2/c1-9(17-14(20)21-15(2,3)4)12-13(16)19-11-8-6-5-7-10(11)18-12/h5-9H,1-4H3,(H,17,20). The van der Waals surface area contributed by atoms with Crippen LogP contribution in [0.1, 0.15) is 39.4 Å². The molecule has 0 spiro atoms. The molecule has 1 N–H and O–H groups in total. The first-order valence-electron chi connectivity index (χ1n) is 6.68. The van der Waals surface area contributed by atoms with Crippen molar-refractivity contribution in [1.82, 2.24) is 15.3 Å². The molecule has 1 atom stereocenters. The molecule has 0 fully saturated rings. The van der Waals surface area contributed by atoms with E-state index in [1.54, 1.807) is 0 Å². The van der Waals surface area contributed by atoms with Crippen molar-refractivity contribution in [1.29, 1.82) is 0 Å². The van der Waals surface area contributed by atoms with Gasteiger partial charge >= 0.3 is 6.09 Å². The van der Waals surface area contributed by atoms with Gasteiger partial charge in [0.2, 0.25) is 0 Å². The number of benzene rings is 1. The Labute approximate surface area is 132 Å². The molecule has 1 aromatic carbocycles. The van der Waals surface area contributed by atoms with E-state index in [2.05, 4.69) is 31.2 Å². The molecule has 0 radical (unpaired) electrons. The Bertz CT molecular complexity index is 668. The molecular formula is C15H18BrN3O2. The Hall–Kier alpha value is -1.69. The first kappa shape index (κ1) is 15.7. The molecule has 1 heterocycles. The zero-order chi connectivity index (χ0) is 15.6. The highest BCUT2D eigenvalue weighted by Gasteiger charge is 2.20. The minimum absolute atomic E-state index is 0.314. The molecule has 1 unspecified atom stereocenters. The van der Waals surface area contributed by atoms with E-state index in [0.29, 0.717) is 10.3 Å². The molecule has 0 aliphatic carbocycles. The topological polar surface area (TPSA) is 64.1 Å². The summed E-state index contributed by atoms with van der Waals surface area (Å²) >= 11 is 3.40. The first-order chi connectivity index (χ1) is 9.76. The zero-order valence-corrected chi connectivity index (χ0v) is 14.1. The molecule has 0 aliphatic rings. The predicted octanol–water partition coefficient (Wildman–Crippen LogP) is 3.98. The molecule has 1 aromatic heterocycles. The summed E-state index contributed by atoms with van der Waals surface area (Å²) in [7, 11) is 0. The summed E-state index contributed by atoms with van der Waals surface area (Å²) in [5.74, 6) is 0. The molecule has 5 nitrogen and oxygen atoms in total. The van der Waals surface area contributed by atoms with Crippen molar-refractivity contribution in [3.63, 3.8) is 0 Å². The number of hydrogen-bond donors (Lipinski definition) is 1. The Morgan fingerprint density at radius 3 is 2.38 bits per heavy atom. The zero-order valence-electron chi connectivity index (χ0n) is 12.5. The van der Waals surface area contributed by atoms with Crippen molar-refractivity contribution in [2.75, 3.05) is 0 Å². The summed E-state index contributed by atoms with van der Waals surface area (Å²) < 4.78 is 5.86. The lowest BCUT2D eigenvalue weighted by molar-refractivity contribution is 0.0507. The van der Waals surface area contributed by atoms with Crippen LogP contribution in [0.15, 0.2) is 28.9 Å².